The maximum atomic E-state index is 5.74. The van der Waals surface area contributed by atoms with Gasteiger partial charge in [0.1, 0.15) is 0 Å². The minimum atomic E-state index is 0.0282. The molecular formula is C8H9BrN4. The van der Waals surface area contributed by atoms with Crippen molar-refractivity contribution in [2.24, 2.45) is 5.73 Å². The molecule has 1 atom stereocenters. The summed E-state index contributed by atoms with van der Waals surface area (Å²) in [4.78, 5) is 0. The van der Waals surface area contributed by atoms with Crippen LogP contribution in [-0.2, 0) is 0 Å². The van der Waals surface area contributed by atoms with Gasteiger partial charge in [-0.25, -0.2) is 0 Å². The number of nitrogens with zero attached hydrogens (tertiary/aromatic N) is 3. The Morgan fingerprint density at radius 1 is 1.54 bits per heavy atom. The first-order chi connectivity index (χ1) is 6.18. The van der Waals surface area contributed by atoms with Crippen molar-refractivity contribution in [2.45, 2.75) is 13.0 Å². The molecule has 4 nitrogen and oxygen atoms in total. The van der Waals surface area contributed by atoms with E-state index in [1.807, 2.05) is 29.7 Å². The predicted octanol–water partition coefficient (Wildman–Crippen LogP) is 1.51. The summed E-state index contributed by atoms with van der Waals surface area (Å²) in [7, 11) is 0. The van der Waals surface area contributed by atoms with Crippen molar-refractivity contribution in [1.29, 1.82) is 0 Å². The fourth-order valence-electron chi connectivity index (χ4n) is 1.16. The molecular weight excluding hydrogens is 232 g/mol. The summed E-state index contributed by atoms with van der Waals surface area (Å²) < 4.78 is 2.56. The second-order valence-corrected chi connectivity index (χ2v) is 3.66. The van der Waals surface area contributed by atoms with Crippen molar-refractivity contribution < 1.29 is 0 Å². The number of fused-ring (bicyclic) bond motifs is 1. The Bertz CT molecular complexity index is 435. The highest BCUT2D eigenvalue weighted by atomic mass is 79.9. The summed E-state index contributed by atoms with van der Waals surface area (Å²) in [6.45, 7) is 1.94. The van der Waals surface area contributed by atoms with E-state index in [9.17, 15) is 0 Å². The molecule has 2 aromatic heterocycles. The van der Waals surface area contributed by atoms with E-state index in [0.717, 1.165) is 11.2 Å². The van der Waals surface area contributed by atoms with E-state index in [1.165, 1.54) is 0 Å². The van der Waals surface area contributed by atoms with Crippen molar-refractivity contribution in [3.05, 3.63) is 28.6 Å². The van der Waals surface area contributed by atoms with Gasteiger partial charge in [0.15, 0.2) is 5.65 Å². The highest BCUT2D eigenvalue weighted by molar-refractivity contribution is 9.10. The van der Waals surface area contributed by atoms with Crippen molar-refractivity contribution in [1.82, 2.24) is 14.6 Å². The van der Waals surface area contributed by atoms with Gasteiger partial charge in [-0.2, -0.15) is 0 Å². The summed E-state index contributed by atoms with van der Waals surface area (Å²) in [5.74, 6) is 0. The highest BCUT2D eigenvalue weighted by Gasteiger charge is 2.04. The topological polar surface area (TPSA) is 56.2 Å². The molecule has 0 spiro atoms. The lowest BCUT2D eigenvalue weighted by Crippen LogP contribution is -2.05. The molecule has 0 aliphatic rings. The van der Waals surface area contributed by atoms with E-state index in [4.69, 9.17) is 5.73 Å². The lowest BCUT2D eigenvalue weighted by Gasteiger charge is -2.04. The second-order valence-electron chi connectivity index (χ2n) is 2.95. The predicted molar refractivity (Wildman–Crippen MR) is 53.3 cm³/mol. The number of pyridine rings is 1. The zero-order chi connectivity index (χ0) is 9.42. The van der Waals surface area contributed by atoms with Crippen LogP contribution in [-0.4, -0.2) is 14.6 Å². The maximum absolute atomic E-state index is 5.74. The second kappa shape index (κ2) is 3.08. The van der Waals surface area contributed by atoms with Crippen LogP contribution in [0.25, 0.3) is 5.65 Å². The molecule has 0 bridgehead atoms. The SMILES string of the molecule is CC(N)c1ccn2c(Br)nnc2c1. The van der Waals surface area contributed by atoms with Crippen LogP contribution in [0.15, 0.2) is 23.1 Å². The molecule has 2 N–H and O–H groups in total. The summed E-state index contributed by atoms with van der Waals surface area (Å²) >= 11 is 3.29. The number of hydrogen-bond acceptors (Lipinski definition) is 3. The summed E-state index contributed by atoms with van der Waals surface area (Å²) in [6.07, 6.45) is 1.90. The van der Waals surface area contributed by atoms with Gasteiger partial charge in [0.25, 0.3) is 0 Å². The summed E-state index contributed by atoms with van der Waals surface area (Å²) in [5, 5.41) is 7.86. The zero-order valence-corrected chi connectivity index (χ0v) is 8.69. The monoisotopic (exact) mass is 240 g/mol. The molecule has 0 saturated carbocycles. The first kappa shape index (κ1) is 8.65. The van der Waals surface area contributed by atoms with Gasteiger partial charge in [-0.1, -0.05) is 0 Å². The number of nitrogens with two attached hydrogens (primary N) is 1. The first-order valence-corrected chi connectivity index (χ1v) is 4.73. The molecule has 1 unspecified atom stereocenters. The smallest absolute Gasteiger partial charge is 0.204 e. The molecule has 0 aliphatic carbocycles. The Morgan fingerprint density at radius 2 is 2.31 bits per heavy atom. The van der Waals surface area contributed by atoms with Gasteiger partial charge in [0.05, 0.1) is 0 Å². The lowest BCUT2D eigenvalue weighted by molar-refractivity contribution is 0.815. The van der Waals surface area contributed by atoms with Crippen LogP contribution in [0.3, 0.4) is 0 Å². The molecule has 0 aromatic carbocycles. The number of halogens is 1. The lowest BCUT2D eigenvalue weighted by atomic mass is 10.1. The van der Waals surface area contributed by atoms with Gasteiger partial charge in [-0.3, -0.25) is 4.40 Å². The fourth-order valence-corrected chi connectivity index (χ4v) is 1.54. The van der Waals surface area contributed by atoms with Gasteiger partial charge in [-0.15, -0.1) is 10.2 Å². The molecule has 5 heteroatoms. The molecule has 0 amide bonds. The van der Waals surface area contributed by atoms with E-state index in [0.29, 0.717) is 4.73 Å². The van der Waals surface area contributed by atoms with Crippen LogP contribution >= 0.6 is 15.9 Å². The van der Waals surface area contributed by atoms with Gasteiger partial charge in [-0.05, 0) is 40.5 Å². The molecule has 0 saturated heterocycles. The van der Waals surface area contributed by atoms with E-state index < -0.39 is 0 Å². The molecule has 68 valence electrons. The molecule has 0 fully saturated rings. The average Bonchev–Trinajstić information content (AvgIpc) is 2.47. The largest absolute Gasteiger partial charge is 0.324 e. The van der Waals surface area contributed by atoms with Gasteiger partial charge < -0.3 is 5.73 Å². The molecule has 2 aromatic rings. The van der Waals surface area contributed by atoms with Crippen LogP contribution in [0, 0.1) is 0 Å². The first-order valence-electron chi connectivity index (χ1n) is 3.94. The van der Waals surface area contributed by atoms with Crippen LogP contribution in [0.1, 0.15) is 18.5 Å². The minimum absolute atomic E-state index is 0.0282. The van der Waals surface area contributed by atoms with E-state index in [1.54, 1.807) is 0 Å². The zero-order valence-electron chi connectivity index (χ0n) is 7.11. The molecule has 2 rings (SSSR count). The van der Waals surface area contributed by atoms with E-state index >= 15 is 0 Å². The van der Waals surface area contributed by atoms with Crippen molar-refractivity contribution in [2.75, 3.05) is 0 Å². The van der Waals surface area contributed by atoms with Crippen molar-refractivity contribution in [3.8, 4) is 0 Å². The third-order valence-corrected chi connectivity index (χ3v) is 2.46. The van der Waals surface area contributed by atoms with Crippen molar-refractivity contribution >= 4 is 21.6 Å². The third kappa shape index (κ3) is 1.45. The standard InChI is InChI=1S/C8H9BrN4/c1-5(10)6-2-3-13-7(4-6)11-12-8(13)9/h2-5H,10H2,1H3. The maximum Gasteiger partial charge on any atom is 0.204 e. The third-order valence-electron chi connectivity index (χ3n) is 1.92. The van der Waals surface area contributed by atoms with Crippen LogP contribution in [0.5, 0.6) is 0 Å². The van der Waals surface area contributed by atoms with Gasteiger partial charge in [0, 0.05) is 12.2 Å². The quantitative estimate of drug-likeness (QED) is 0.823. The number of rotatable bonds is 1. The summed E-state index contributed by atoms with van der Waals surface area (Å²) in [5.41, 5.74) is 7.61. The number of hydrogen-bond donors (Lipinski definition) is 1. The Kier molecular flexibility index (Phi) is 2.05. The van der Waals surface area contributed by atoms with E-state index in [2.05, 4.69) is 26.1 Å². The number of aromatic nitrogens is 3. The van der Waals surface area contributed by atoms with Crippen LogP contribution in [0.2, 0.25) is 0 Å². The molecule has 0 aliphatic heterocycles. The fraction of sp³-hybridized carbons (Fsp3) is 0.250. The highest BCUT2D eigenvalue weighted by Crippen LogP contribution is 2.14. The Labute approximate surface area is 83.9 Å². The Hall–Kier alpha value is -0.940. The summed E-state index contributed by atoms with van der Waals surface area (Å²) in [6, 6.07) is 3.93. The molecule has 0 radical (unpaired) electrons. The van der Waals surface area contributed by atoms with E-state index in [-0.39, 0.29) is 6.04 Å². The molecule has 2 heterocycles. The Morgan fingerprint density at radius 3 is 3.00 bits per heavy atom. The van der Waals surface area contributed by atoms with Crippen LogP contribution in [0.4, 0.5) is 0 Å². The van der Waals surface area contributed by atoms with Crippen LogP contribution < -0.4 is 5.73 Å². The normalized spacial score (nSPS) is 13.5. The Balaban J connectivity index is 2.63. The average molecular weight is 241 g/mol. The van der Waals surface area contributed by atoms with Gasteiger partial charge >= 0.3 is 0 Å². The molecule has 13 heavy (non-hydrogen) atoms. The van der Waals surface area contributed by atoms with Crippen molar-refractivity contribution in [3.63, 3.8) is 0 Å². The minimum Gasteiger partial charge on any atom is -0.324 e. The van der Waals surface area contributed by atoms with Gasteiger partial charge in [0.2, 0.25) is 4.73 Å².